The van der Waals surface area contributed by atoms with Crippen LogP contribution in [0.3, 0.4) is 0 Å². The van der Waals surface area contributed by atoms with Gasteiger partial charge in [0.2, 0.25) is 5.91 Å². The molecule has 132 valence electrons. The molecule has 0 N–H and O–H groups in total. The summed E-state index contributed by atoms with van der Waals surface area (Å²) in [5.41, 5.74) is 1.39. The highest BCUT2D eigenvalue weighted by Crippen LogP contribution is 2.32. The quantitative estimate of drug-likeness (QED) is 0.753. The molecule has 3 rings (SSSR count). The van der Waals surface area contributed by atoms with E-state index < -0.39 is 0 Å². The first-order valence-electron chi connectivity index (χ1n) is 8.48. The van der Waals surface area contributed by atoms with Crippen LogP contribution in [0, 0.1) is 6.92 Å². The molecule has 1 saturated heterocycles. The fourth-order valence-electron chi connectivity index (χ4n) is 3.20. The summed E-state index contributed by atoms with van der Waals surface area (Å²) >= 11 is 0. The zero-order valence-corrected chi connectivity index (χ0v) is 14.5. The molecule has 1 atom stereocenters. The molecule has 2 aromatic rings. The van der Waals surface area contributed by atoms with Crippen molar-refractivity contribution in [2.45, 2.75) is 38.6 Å². The number of rotatable bonds is 6. The summed E-state index contributed by atoms with van der Waals surface area (Å²) in [4.78, 5) is 26.7. The van der Waals surface area contributed by atoms with Crippen molar-refractivity contribution in [1.29, 1.82) is 0 Å². The Morgan fingerprint density at radius 2 is 2.04 bits per heavy atom. The van der Waals surface area contributed by atoms with Gasteiger partial charge >= 0.3 is 0 Å². The van der Waals surface area contributed by atoms with Crippen LogP contribution in [0.5, 0.6) is 5.75 Å². The molecule has 25 heavy (non-hydrogen) atoms. The second-order valence-electron chi connectivity index (χ2n) is 6.26. The molecule has 1 unspecified atom stereocenters. The van der Waals surface area contributed by atoms with Gasteiger partial charge in [-0.2, -0.15) is 0 Å². The molecule has 1 aliphatic rings. The molecule has 2 heterocycles. The van der Waals surface area contributed by atoms with Gasteiger partial charge in [-0.3, -0.25) is 9.59 Å². The number of nitrogens with zero attached hydrogens (tertiary/aromatic N) is 2. The van der Waals surface area contributed by atoms with Crippen molar-refractivity contribution in [2.75, 3.05) is 13.7 Å². The van der Waals surface area contributed by atoms with Crippen molar-refractivity contribution >= 4 is 11.7 Å². The summed E-state index contributed by atoms with van der Waals surface area (Å²) < 4.78 is 10.2. The standard InChI is InChI=1S/C19H22N2O4/c1-13-12-16(20-25-13)17-4-3-11-21(17)19(23)10-9-18(22)14-5-7-15(24-2)8-6-14/h5-8,12,17H,3-4,9-11H2,1-2H3. The molecule has 0 aliphatic carbocycles. The van der Waals surface area contributed by atoms with Gasteiger partial charge in [-0.15, -0.1) is 0 Å². The van der Waals surface area contributed by atoms with Crippen LogP contribution in [0.15, 0.2) is 34.9 Å². The summed E-state index contributed by atoms with van der Waals surface area (Å²) in [7, 11) is 1.58. The third-order valence-electron chi connectivity index (χ3n) is 4.54. The minimum absolute atomic E-state index is 0.00925. The Hall–Kier alpha value is -2.63. The number of hydrogen-bond donors (Lipinski definition) is 0. The summed E-state index contributed by atoms with van der Waals surface area (Å²) in [6.45, 7) is 2.54. The first kappa shape index (κ1) is 17.2. The Kier molecular flexibility index (Phi) is 5.16. The first-order chi connectivity index (χ1) is 12.1. The minimum atomic E-state index is -0.0407. The fraction of sp³-hybridized carbons (Fsp3) is 0.421. The largest absolute Gasteiger partial charge is 0.497 e. The molecule has 1 aliphatic heterocycles. The third kappa shape index (κ3) is 3.90. The molecule has 0 spiro atoms. The van der Waals surface area contributed by atoms with Crippen LogP contribution in [0.25, 0.3) is 0 Å². The number of amides is 1. The smallest absolute Gasteiger partial charge is 0.223 e. The van der Waals surface area contributed by atoms with E-state index in [2.05, 4.69) is 5.16 Å². The highest BCUT2D eigenvalue weighted by Gasteiger charge is 2.31. The fourth-order valence-corrected chi connectivity index (χ4v) is 3.20. The van der Waals surface area contributed by atoms with E-state index in [1.54, 1.807) is 31.4 Å². The van der Waals surface area contributed by atoms with E-state index in [4.69, 9.17) is 9.26 Å². The number of ketones is 1. The van der Waals surface area contributed by atoms with Gasteiger partial charge in [0.15, 0.2) is 5.78 Å². The third-order valence-corrected chi connectivity index (χ3v) is 4.54. The Balaban J connectivity index is 1.58. The highest BCUT2D eigenvalue weighted by molar-refractivity contribution is 5.98. The number of ether oxygens (including phenoxy) is 1. The topological polar surface area (TPSA) is 72.6 Å². The molecular formula is C19H22N2O4. The molecule has 6 heteroatoms. The maximum absolute atomic E-state index is 12.6. The van der Waals surface area contributed by atoms with E-state index in [0.29, 0.717) is 17.9 Å². The summed E-state index contributed by atoms with van der Waals surface area (Å²) in [6.07, 6.45) is 2.23. The van der Waals surface area contributed by atoms with Gasteiger partial charge in [0.05, 0.1) is 13.2 Å². The van der Waals surface area contributed by atoms with E-state index >= 15 is 0 Å². The summed E-state index contributed by atoms with van der Waals surface area (Å²) in [5, 5.41) is 4.04. The second kappa shape index (κ2) is 7.51. The Morgan fingerprint density at radius 3 is 2.68 bits per heavy atom. The molecule has 1 aromatic carbocycles. The van der Waals surface area contributed by atoms with Crippen molar-refractivity contribution in [1.82, 2.24) is 10.1 Å². The Morgan fingerprint density at radius 1 is 1.28 bits per heavy atom. The second-order valence-corrected chi connectivity index (χ2v) is 6.26. The lowest BCUT2D eigenvalue weighted by atomic mass is 10.1. The number of Topliss-reactive ketones (excluding diaryl/α,β-unsaturated/α-hetero) is 1. The molecule has 1 aromatic heterocycles. The SMILES string of the molecule is COc1ccc(C(=O)CCC(=O)N2CCCC2c2cc(C)on2)cc1. The van der Waals surface area contributed by atoms with E-state index in [1.165, 1.54) is 0 Å². The zero-order valence-electron chi connectivity index (χ0n) is 14.5. The summed E-state index contributed by atoms with van der Waals surface area (Å²) in [6, 6.07) is 8.78. The molecule has 0 saturated carbocycles. The van der Waals surface area contributed by atoms with Crippen LogP contribution < -0.4 is 4.74 Å². The van der Waals surface area contributed by atoms with Gasteiger partial charge in [-0.25, -0.2) is 0 Å². The number of carbonyl (C=O) groups is 2. The maximum Gasteiger partial charge on any atom is 0.223 e. The van der Waals surface area contributed by atoms with Crippen LogP contribution >= 0.6 is 0 Å². The van der Waals surface area contributed by atoms with Gasteiger partial charge < -0.3 is 14.2 Å². The number of aryl methyl sites for hydroxylation is 1. The van der Waals surface area contributed by atoms with Crippen molar-refractivity contribution in [3.63, 3.8) is 0 Å². The lowest BCUT2D eigenvalue weighted by Crippen LogP contribution is -2.30. The minimum Gasteiger partial charge on any atom is -0.497 e. The predicted molar refractivity (Wildman–Crippen MR) is 91.5 cm³/mol. The highest BCUT2D eigenvalue weighted by atomic mass is 16.5. The van der Waals surface area contributed by atoms with Crippen molar-refractivity contribution < 1.29 is 18.8 Å². The normalized spacial score (nSPS) is 16.9. The maximum atomic E-state index is 12.6. The van der Waals surface area contributed by atoms with Gasteiger partial charge in [-0.1, -0.05) is 5.16 Å². The molecule has 0 bridgehead atoms. The van der Waals surface area contributed by atoms with Crippen LogP contribution in [0.2, 0.25) is 0 Å². The van der Waals surface area contributed by atoms with Gasteiger partial charge in [0.25, 0.3) is 0 Å². The van der Waals surface area contributed by atoms with E-state index in [9.17, 15) is 9.59 Å². The van der Waals surface area contributed by atoms with Crippen molar-refractivity contribution in [3.8, 4) is 5.75 Å². The zero-order chi connectivity index (χ0) is 17.8. The molecule has 6 nitrogen and oxygen atoms in total. The lowest BCUT2D eigenvalue weighted by Gasteiger charge is -2.22. The first-order valence-corrected chi connectivity index (χ1v) is 8.48. The molecule has 0 radical (unpaired) electrons. The number of methoxy groups -OCH3 is 1. The number of benzene rings is 1. The van der Waals surface area contributed by atoms with Crippen LogP contribution in [-0.4, -0.2) is 35.4 Å². The average Bonchev–Trinajstić information content (AvgIpc) is 3.28. The van der Waals surface area contributed by atoms with Gasteiger partial charge in [0, 0.05) is 31.0 Å². The molecular weight excluding hydrogens is 320 g/mol. The van der Waals surface area contributed by atoms with E-state index in [0.717, 1.165) is 24.3 Å². The van der Waals surface area contributed by atoms with Gasteiger partial charge in [0.1, 0.15) is 17.2 Å². The number of carbonyl (C=O) groups excluding carboxylic acids is 2. The number of likely N-dealkylation sites (tertiary alicyclic amines) is 1. The Bertz CT molecular complexity index is 751. The Labute approximate surface area is 146 Å². The lowest BCUT2D eigenvalue weighted by molar-refractivity contribution is -0.132. The predicted octanol–water partition coefficient (Wildman–Crippen LogP) is 3.32. The molecule has 1 amide bonds. The molecule has 1 fully saturated rings. The monoisotopic (exact) mass is 342 g/mol. The average molecular weight is 342 g/mol. The van der Waals surface area contributed by atoms with E-state index in [-0.39, 0.29) is 30.6 Å². The van der Waals surface area contributed by atoms with Crippen molar-refractivity contribution in [2.24, 2.45) is 0 Å². The number of aromatic nitrogens is 1. The summed E-state index contributed by atoms with van der Waals surface area (Å²) in [5.74, 6) is 1.40. The van der Waals surface area contributed by atoms with E-state index in [1.807, 2.05) is 17.9 Å². The number of hydrogen-bond acceptors (Lipinski definition) is 5. The van der Waals surface area contributed by atoms with Crippen LogP contribution in [0.4, 0.5) is 0 Å². The van der Waals surface area contributed by atoms with Gasteiger partial charge in [-0.05, 0) is 44.0 Å². The van der Waals surface area contributed by atoms with Crippen LogP contribution in [0.1, 0.15) is 53.5 Å². The van der Waals surface area contributed by atoms with Crippen LogP contribution in [-0.2, 0) is 4.79 Å². The van der Waals surface area contributed by atoms with Crippen molar-refractivity contribution in [3.05, 3.63) is 47.3 Å².